The quantitative estimate of drug-likeness (QED) is 0.913. The summed E-state index contributed by atoms with van der Waals surface area (Å²) >= 11 is 0. The molecule has 6 heteroatoms. The molecule has 0 spiro atoms. The minimum Gasteiger partial charge on any atom is -0.490 e. The maximum absolute atomic E-state index is 12.1. The van der Waals surface area contributed by atoms with E-state index in [9.17, 15) is 8.42 Å². The molecule has 2 aromatic rings. The monoisotopic (exact) mass is 333 g/mol. The molecule has 2 aromatic carbocycles. The summed E-state index contributed by atoms with van der Waals surface area (Å²) in [6.45, 7) is 1.47. The van der Waals surface area contributed by atoms with Crippen molar-refractivity contribution in [1.82, 2.24) is 4.72 Å². The lowest BCUT2D eigenvalue weighted by atomic mass is 10.2. The molecule has 122 valence electrons. The molecule has 23 heavy (non-hydrogen) atoms. The molecule has 5 nitrogen and oxygen atoms in total. The van der Waals surface area contributed by atoms with Gasteiger partial charge in [-0.3, -0.25) is 0 Å². The number of benzene rings is 2. The smallest absolute Gasteiger partial charge is 0.216 e. The zero-order chi connectivity index (χ0) is 16.1. The Morgan fingerprint density at radius 2 is 1.65 bits per heavy atom. The predicted octanol–water partition coefficient (Wildman–Crippen LogP) is 2.47. The standard InChI is InChI=1S/C17H19NO4S/c19-23(20,13-14-5-2-1-3-6-14)18-12-15-7-8-16-17(11-15)22-10-4-9-21-16/h1-3,5-8,11,18H,4,9-10,12-13H2. The lowest BCUT2D eigenvalue weighted by Gasteiger charge is -2.10. The molecule has 0 saturated heterocycles. The van der Waals surface area contributed by atoms with Crippen LogP contribution in [-0.2, 0) is 22.3 Å². The topological polar surface area (TPSA) is 64.6 Å². The van der Waals surface area contributed by atoms with Crippen molar-refractivity contribution < 1.29 is 17.9 Å². The van der Waals surface area contributed by atoms with Gasteiger partial charge < -0.3 is 9.47 Å². The number of sulfonamides is 1. The highest BCUT2D eigenvalue weighted by molar-refractivity contribution is 7.88. The van der Waals surface area contributed by atoms with Gasteiger partial charge in [-0.25, -0.2) is 13.1 Å². The van der Waals surface area contributed by atoms with Gasteiger partial charge in [0.1, 0.15) is 0 Å². The van der Waals surface area contributed by atoms with Gasteiger partial charge in [0.25, 0.3) is 0 Å². The van der Waals surface area contributed by atoms with Crippen molar-refractivity contribution in [2.24, 2.45) is 0 Å². The third-order valence-corrected chi connectivity index (χ3v) is 4.81. The number of hydrogen-bond acceptors (Lipinski definition) is 4. The van der Waals surface area contributed by atoms with Crippen LogP contribution >= 0.6 is 0 Å². The molecular formula is C17H19NO4S. The summed E-state index contributed by atoms with van der Waals surface area (Å²) in [5, 5.41) is 0. The van der Waals surface area contributed by atoms with E-state index < -0.39 is 10.0 Å². The van der Waals surface area contributed by atoms with Crippen LogP contribution < -0.4 is 14.2 Å². The fourth-order valence-corrected chi connectivity index (χ4v) is 3.48. The minimum absolute atomic E-state index is 0.0294. The molecule has 1 heterocycles. The molecule has 0 radical (unpaired) electrons. The second-order valence-electron chi connectivity index (χ2n) is 5.40. The van der Waals surface area contributed by atoms with Crippen LogP contribution in [0.5, 0.6) is 11.5 Å². The number of hydrogen-bond donors (Lipinski definition) is 1. The second-order valence-corrected chi connectivity index (χ2v) is 7.20. The summed E-state index contributed by atoms with van der Waals surface area (Å²) in [6.07, 6.45) is 0.841. The van der Waals surface area contributed by atoms with Gasteiger partial charge in [0.05, 0.1) is 19.0 Å². The van der Waals surface area contributed by atoms with Gasteiger partial charge in [0, 0.05) is 13.0 Å². The van der Waals surface area contributed by atoms with Crippen LogP contribution in [0.4, 0.5) is 0 Å². The molecule has 0 saturated carbocycles. The van der Waals surface area contributed by atoms with Crippen molar-refractivity contribution in [3.05, 3.63) is 59.7 Å². The number of ether oxygens (including phenoxy) is 2. The van der Waals surface area contributed by atoms with E-state index in [1.54, 1.807) is 12.1 Å². The molecule has 1 aliphatic heterocycles. The maximum atomic E-state index is 12.1. The summed E-state index contributed by atoms with van der Waals surface area (Å²) in [4.78, 5) is 0. The molecule has 0 amide bonds. The van der Waals surface area contributed by atoms with Crippen LogP contribution in [0.25, 0.3) is 0 Å². The van der Waals surface area contributed by atoms with E-state index in [-0.39, 0.29) is 12.3 Å². The molecule has 0 aliphatic carbocycles. The highest BCUT2D eigenvalue weighted by Gasteiger charge is 2.14. The van der Waals surface area contributed by atoms with Gasteiger partial charge in [-0.1, -0.05) is 36.4 Å². The average molecular weight is 333 g/mol. The Balaban J connectivity index is 1.64. The first-order chi connectivity index (χ1) is 11.1. The lowest BCUT2D eigenvalue weighted by molar-refractivity contribution is 0.297. The minimum atomic E-state index is -3.38. The fraction of sp³-hybridized carbons (Fsp3) is 0.294. The first-order valence-electron chi connectivity index (χ1n) is 7.52. The first-order valence-corrected chi connectivity index (χ1v) is 9.17. The molecule has 0 fully saturated rings. The van der Waals surface area contributed by atoms with E-state index in [2.05, 4.69) is 4.72 Å². The van der Waals surface area contributed by atoms with Crippen LogP contribution in [0, 0.1) is 0 Å². The molecule has 1 aliphatic rings. The molecule has 0 unspecified atom stereocenters. The highest BCUT2D eigenvalue weighted by Crippen LogP contribution is 2.30. The summed E-state index contributed by atoms with van der Waals surface area (Å²) < 4.78 is 38.1. The Morgan fingerprint density at radius 3 is 2.43 bits per heavy atom. The largest absolute Gasteiger partial charge is 0.490 e. The van der Waals surface area contributed by atoms with Crippen molar-refractivity contribution in [2.45, 2.75) is 18.7 Å². The first kappa shape index (κ1) is 15.8. The van der Waals surface area contributed by atoms with Crippen molar-refractivity contribution >= 4 is 10.0 Å². The van der Waals surface area contributed by atoms with E-state index in [0.717, 1.165) is 17.5 Å². The Kier molecular flexibility index (Phi) is 4.83. The van der Waals surface area contributed by atoms with Crippen molar-refractivity contribution in [3.8, 4) is 11.5 Å². The Labute approximate surface area is 136 Å². The summed E-state index contributed by atoms with van der Waals surface area (Å²) in [7, 11) is -3.38. The van der Waals surface area contributed by atoms with Gasteiger partial charge in [-0.2, -0.15) is 0 Å². The van der Waals surface area contributed by atoms with E-state index >= 15 is 0 Å². The zero-order valence-electron chi connectivity index (χ0n) is 12.7. The zero-order valence-corrected chi connectivity index (χ0v) is 13.5. The SMILES string of the molecule is O=S(=O)(Cc1ccccc1)NCc1ccc2c(c1)OCCCO2. The Bertz CT molecular complexity index is 759. The summed E-state index contributed by atoms with van der Waals surface area (Å²) in [6, 6.07) is 14.6. The molecule has 1 N–H and O–H groups in total. The third-order valence-electron chi connectivity index (χ3n) is 3.51. The van der Waals surface area contributed by atoms with Crippen LogP contribution in [-0.4, -0.2) is 21.6 Å². The summed E-state index contributed by atoms with van der Waals surface area (Å²) in [5.41, 5.74) is 1.60. The van der Waals surface area contributed by atoms with Gasteiger partial charge >= 0.3 is 0 Å². The molecule has 0 atom stereocenters. The van der Waals surface area contributed by atoms with E-state index in [1.807, 2.05) is 36.4 Å². The molecule has 0 aromatic heterocycles. The van der Waals surface area contributed by atoms with Crippen LogP contribution in [0.3, 0.4) is 0 Å². The van der Waals surface area contributed by atoms with E-state index in [4.69, 9.17) is 9.47 Å². The van der Waals surface area contributed by atoms with Gasteiger partial charge in [0.2, 0.25) is 10.0 Å². The van der Waals surface area contributed by atoms with E-state index in [0.29, 0.717) is 24.7 Å². The Hall–Kier alpha value is -2.05. The average Bonchev–Trinajstić information content (AvgIpc) is 2.78. The summed E-state index contributed by atoms with van der Waals surface area (Å²) in [5.74, 6) is 1.35. The van der Waals surface area contributed by atoms with Crippen LogP contribution in [0.2, 0.25) is 0 Å². The fourth-order valence-electron chi connectivity index (χ4n) is 2.36. The van der Waals surface area contributed by atoms with Crippen molar-refractivity contribution in [2.75, 3.05) is 13.2 Å². The van der Waals surface area contributed by atoms with Crippen LogP contribution in [0.1, 0.15) is 17.5 Å². The van der Waals surface area contributed by atoms with Crippen molar-refractivity contribution in [1.29, 1.82) is 0 Å². The molecular weight excluding hydrogens is 314 g/mol. The number of nitrogens with one attached hydrogen (secondary N) is 1. The van der Waals surface area contributed by atoms with Crippen molar-refractivity contribution in [3.63, 3.8) is 0 Å². The third kappa shape index (κ3) is 4.46. The van der Waals surface area contributed by atoms with E-state index in [1.165, 1.54) is 0 Å². The molecule has 0 bridgehead atoms. The maximum Gasteiger partial charge on any atom is 0.216 e. The van der Waals surface area contributed by atoms with Gasteiger partial charge in [0.15, 0.2) is 11.5 Å². The predicted molar refractivity (Wildman–Crippen MR) is 88.0 cm³/mol. The number of fused-ring (bicyclic) bond motifs is 1. The molecule has 3 rings (SSSR count). The highest BCUT2D eigenvalue weighted by atomic mass is 32.2. The number of rotatable bonds is 5. The van der Waals surface area contributed by atoms with Crippen LogP contribution in [0.15, 0.2) is 48.5 Å². The Morgan fingerprint density at radius 1 is 0.913 bits per heavy atom. The lowest BCUT2D eigenvalue weighted by Crippen LogP contribution is -2.24. The van der Waals surface area contributed by atoms with Gasteiger partial charge in [-0.05, 0) is 23.3 Å². The second kappa shape index (κ2) is 7.02. The van der Waals surface area contributed by atoms with Gasteiger partial charge in [-0.15, -0.1) is 0 Å². The normalized spacial score (nSPS) is 14.3.